The summed E-state index contributed by atoms with van der Waals surface area (Å²) >= 11 is 0.925. The highest BCUT2D eigenvalue weighted by molar-refractivity contribution is 7.10. The van der Waals surface area contributed by atoms with Gasteiger partial charge in [0.1, 0.15) is 0 Å². The van der Waals surface area contributed by atoms with Crippen LogP contribution in [0.2, 0.25) is 0 Å². The van der Waals surface area contributed by atoms with E-state index in [-0.39, 0.29) is 37.0 Å². The molecule has 2 aromatic rings. The second-order valence-corrected chi connectivity index (χ2v) is 11.7. The molecular weight excluding hydrogens is 494 g/mol. The van der Waals surface area contributed by atoms with Crippen molar-refractivity contribution in [2.45, 2.75) is 84.2 Å². The highest BCUT2D eigenvalue weighted by Crippen LogP contribution is 2.55. The molecule has 2 atom stereocenters. The molecule has 0 radical (unpaired) electrons. The van der Waals surface area contributed by atoms with Crippen LogP contribution in [0.1, 0.15) is 63.6 Å². The number of ether oxygens (including phenoxy) is 1. The lowest BCUT2D eigenvalue weighted by Crippen LogP contribution is -2.61. The maximum absolute atomic E-state index is 14.8. The van der Waals surface area contributed by atoms with Crippen LogP contribution >= 0.6 is 11.3 Å². The number of rotatable bonds is 8. The van der Waals surface area contributed by atoms with E-state index < -0.39 is 28.8 Å². The summed E-state index contributed by atoms with van der Waals surface area (Å²) in [4.78, 5) is 19.5. The van der Waals surface area contributed by atoms with Crippen molar-refractivity contribution in [1.29, 1.82) is 0 Å². The summed E-state index contributed by atoms with van der Waals surface area (Å²) in [5, 5.41) is 2.05. The lowest BCUT2D eigenvalue weighted by molar-refractivity contribution is -0.292. The molecule has 3 heterocycles. The van der Waals surface area contributed by atoms with Crippen LogP contribution in [0.15, 0.2) is 30.5 Å². The third-order valence-electron chi connectivity index (χ3n) is 7.50. The number of hydrogen-bond donors (Lipinski definition) is 1. The van der Waals surface area contributed by atoms with E-state index in [1.54, 1.807) is 26.1 Å². The van der Waals surface area contributed by atoms with Crippen LogP contribution < -0.4 is 5.32 Å². The van der Waals surface area contributed by atoms with Crippen molar-refractivity contribution in [3.63, 3.8) is 0 Å². The van der Waals surface area contributed by atoms with Gasteiger partial charge in [-0.15, -0.1) is 11.3 Å². The number of likely N-dealkylation sites (tertiary alicyclic amines) is 1. The summed E-state index contributed by atoms with van der Waals surface area (Å²) in [6.45, 7) is 10.5. The molecule has 0 spiro atoms. The number of alkyl halides is 3. The number of nitrogens with zero attached hydrogens (tertiary/aromatic N) is 2. The minimum Gasteiger partial charge on any atom is -0.433 e. The fourth-order valence-corrected chi connectivity index (χ4v) is 5.69. The van der Waals surface area contributed by atoms with Crippen molar-refractivity contribution >= 4 is 17.4 Å². The SMILES string of the molecule is Cc1ccc(C(C)(C)N2CCC(CCc3ccc(F)s3)(C(C)(OC(=O)NC(C)C)C(F)(F)F)C2)cn1. The van der Waals surface area contributed by atoms with Crippen molar-refractivity contribution < 1.29 is 27.1 Å². The quantitative estimate of drug-likeness (QED) is 0.391. The summed E-state index contributed by atoms with van der Waals surface area (Å²) in [5.74, 6) is 0. The fraction of sp³-hybridized carbons (Fsp3) is 0.615. The molecular formula is C26H35F4N3O2S. The molecule has 36 heavy (non-hydrogen) atoms. The third-order valence-corrected chi connectivity index (χ3v) is 8.43. The van der Waals surface area contributed by atoms with E-state index in [1.165, 1.54) is 6.07 Å². The van der Waals surface area contributed by atoms with E-state index in [2.05, 4.69) is 10.3 Å². The number of aryl methyl sites for hydroxylation is 2. The fourth-order valence-electron chi connectivity index (χ4n) is 4.96. The van der Waals surface area contributed by atoms with Crippen molar-refractivity contribution in [2.24, 2.45) is 5.41 Å². The van der Waals surface area contributed by atoms with Crippen LogP contribution in [0.4, 0.5) is 22.4 Å². The first-order valence-corrected chi connectivity index (χ1v) is 12.9. The van der Waals surface area contributed by atoms with Crippen molar-refractivity contribution in [3.8, 4) is 0 Å². The van der Waals surface area contributed by atoms with Gasteiger partial charge in [0.15, 0.2) is 5.13 Å². The number of carbonyl (C=O) groups is 1. The molecule has 200 valence electrons. The second kappa shape index (κ2) is 10.3. The number of aromatic nitrogens is 1. The molecule has 0 bridgehead atoms. The van der Waals surface area contributed by atoms with Crippen molar-refractivity contribution in [3.05, 3.63) is 51.7 Å². The highest BCUT2D eigenvalue weighted by atomic mass is 32.1. The smallest absolute Gasteiger partial charge is 0.428 e. The standard InChI is InChI=1S/C26H35F4N3O2S/c1-17(2)32-22(34)35-24(6,26(28,29)30)25(12-11-20-9-10-21(27)36-20)13-14-33(16-25)23(4,5)19-8-7-18(3)31-15-19/h7-10,15,17H,11-14,16H2,1-6H3,(H,32,34). The lowest BCUT2D eigenvalue weighted by Gasteiger charge is -2.47. The van der Waals surface area contributed by atoms with E-state index in [0.717, 1.165) is 29.5 Å². The van der Waals surface area contributed by atoms with Gasteiger partial charge in [-0.1, -0.05) is 6.07 Å². The zero-order chi connectivity index (χ0) is 26.9. The van der Waals surface area contributed by atoms with Crippen LogP contribution in [0, 0.1) is 17.5 Å². The number of nitrogens with one attached hydrogen (secondary N) is 1. The van der Waals surface area contributed by atoms with Crippen LogP contribution in [0.5, 0.6) is 0 Å². The molecule has 0 aliphatic carbocycles. The highest BCUT2D eigenvalue weighted by Gasteiger charge is 2.68. The van der Waals surface area contributed by atoms with Gasteiger partial charge in [-0.2, -0.15) is 17.6 Å². The number of halogens is 4. The minimum atomic E-state index is -4.83. The van der Waals surface area contributed by atoms with Gasteiger partial charge >= 0.3 is 12.3 Å². The number of hydrogen-bond acceptors (Lipinski definition) is 5. The Balaban J connectivity index is 2.01. The Morgan fingerprint density at radius 2 is 1.92 bits per heavy atom. The van der Waals surface area contributed by atoms with Gasteiger partial charge in [-0.3, -0.25) is 9.88 Å². The lowest BCUT2D eigenvalue weighted by atomic mass is 9.68. The molecule has 1 amide bonds. The van der Waals surface area contributed by atoms with Gasteiger partial charge in [0.2, 0.25) is 5.60 Å². The first-order valence-electron chi connectivity index (χ1n) is 12.1. The zero-order valence-electron chi connectivity index (χ0n) is 21.6. The monoisotopic (exact) mass is 529 g/mol. The Morgan fingerprint density at radius 1 is 1.22 bits per heavy atom. The number of thiophene rings is 1. The van der Waals surface area contributed by atoms with E-state index in [9.17, 15) is 22.4 Å². The van der Waals surface area contributed by atoms with E-state index >= 15 is 0 Å². The summed E-state index contributed by atoms with van der Waals surface area (Å²) in [6.07, 6.45) is -3.69. The predicted octanol–water partition coefficient (Wildman–Crippen LogP) is 6.61. The molecule has 3 rings (SSSR count). The zero-order valence-corrected chi connectivity index (χ0v) is 22.4. The molecule has 1 aliphatic heterocycles. The molecule has 2 aromatic heterocycles. The molecule has 1 fully saturated rings. The van der Waals surface area contributed by atoms with Crippen LogP contribution in [0.25, 0.3) is 0 Å². The van der Waals surface area contributed by atoms with Gasteiger partial charge in [0.05, 0.1) is 0 Å². The summed E-state index contributed by atoms with van der Waals surface area (Å²) < 4.78 is 63.4. The molecule has 10 heteroatoms. The molecule has 1 saturated heterocycles. The molecule has 0 saturated carbocycles. The number of alkyl carbamates (subject to hydrolysis) is 1. The molecule has 0 aromatic carbocycles. The van der Waals surface area contributed by atoms with E-state index in [0.29, 0.717) is 11.4 Å². The maximum Gasteiger partial charge on any atom is 0.428 e. The average molecular weight is 530 g/mol. The first kappa shape index (κ1) is 28.4. The Kier molecular flexibility index (Phi) is 8.10. The topological polar surface area (TPSA) is 54.5 Å². The van der Waals surface area contributed by atoms with Gasteiger partial charge in [0, 0.05) is 40.3 Å². The van der Waals surface area contributed by atoms with Crippen molar-refractivity contribution in [2.75, 3.05) is 13.1 Å². The summed E-state index contributed by atoms with van der Waals surface area (Å²) in [7, 11) is 0. The Bertz CT molecular complexity index is 1050. The third kappa shape index (κ3) is 5.69. The van der Waals surface area contributed by atoms with Crippen LogP contribution in [-0.4, -0.2) is 46.9 Å². The maximum atomic E-state index is 14.8. The van der Waals surface area contributed by atoms with E-state index in [4.69, 9.17) is 4.74 Å². The Hall–Kier alpha value is -2.20. The van der Waals surface area contributed by atoms with Crippen molar-refractivity contribution in [1.82, 2.24) is 15.2 Å². The summed E-state index contributed by atoms with van der Waals surface area (Å²) in [5.41, 5.74) is -3.08. The number of carbonyl (C=O) groups excluding carboxylic acids is 1. The second-order valence-electron chi connectivity index (χ2n) is 10.6. The molecule has 5 nitrogen and oxygen atoms in total. The number of amides is 1. The molecule has 1 aliphatic rings. The van der Waals surface area contributed by atoms with Crippen LogP contribution in [-0.2, 0) is 16.7 Å². The Labute approximate surface area is 214 Å². The largest absolute Gasteiger partial charge is 0.433 e. The summed E-state index contributed by atoms with van der Waals surface area (Å²) in [6, 6.07) is 6.35. The first-order chi connectivity index (χ1) is 16.6. The van der Waals surface area contributed by atoms with Gasteiger partial charge < -0.3 is 10.1 Å². The van der Waals surface area contributed by atoms with E-state index in [1.807, 2.05) is 37.8 Å². The normalized spacial score (nSPS) is 21.0. The van der Waals surface area contributed by atoms with Crippen LogP contribution in [0.3, 0.4) is 0 Å². The molecule has 2 unspecified atom stereocenters. The van der Waals surface area contributed by atoms with Gasteiger partial charge in [-0.25, -0.2) is 4.79 Å². The van der Waals surface area contributed by atoms with Gasteiger partial charge in [0.25, 0.3) is 0 Å². The number of pyridine rings is 1. The minimum absolute atomic E-state index is 0.0483. The Morgan fingerprint density at radius 3 is 2.44 bits per heavy atom. The van der Waals surface area contributed by atoms with Gasteiger partial charge in [-0.05, 0) is 91.1 Å². The molecule has 1 N–H and O–H groups in total. The average Bonchev–Trinajstić information content (AvgIpc) is 3.38. The predicted molar refractivity (Wildman–Crippen MR) is 132 cm³/mol.